The van der Waals surface area contributed by atoms with E-state index < -0.39 is 7.14 Å². The summed E-state index contributed by atoms with van der Waals surface area (Å²) in [5.74, 6) is 1.69. The lowest BCUT2D eigenvalue weighted by atomic mass is 9.77. The predicted molar refractivity (Wildman–Crippen MR) is 90.5 cm³/mol. The van der Waals surface area contributed by atoms with Crippen LogP contribution in [0.3, 0.4) is 0 Å². The van der Waals surface area contributed by atoms with E-state index in [1.807, 2.05) is 0 Å². The molecule has 0 spiro atoms. The van der Waals surface area contributed by atoms with Crippen LogP contribution in [-0.4, -0.2) is 17.0 Å². The second-order valence-electron chi connectivity index (χ2n) is 8.09. The van der Waals surface area contributed by atoms with Gasteiger partial charge in [0.1, 0.15) is 0 Å². The highest BCUT2D eigenvalue weighted by Gasteiger charge is 2.59. The molecule has 1 saturated heterocycles. The highest BCUT2D eigenvalue weighted by molar-refractivity contribution is 7.66. The Morgan fingerprint density at radius 1 is 0.714 bits per heavy atom. The van der Waals surface area contributed by atoms with Crippen molar-refractivity contribution in [2.75, 3.05) is 0 Å². The van der Waals surface area contributed by atoms with Gasteiger partial charge in [0.2, 0.25) is 0 Å². The monoisotopic (exact) mass is 306 g/mol. The molecule has 1 heterocycles. The fourth-order valence-corrected chi connectivity index (χ4v) is 12.1. The van der Waals surface area contributed by atoms with E-state index in [-0.39, 0.29) is 0 Å². The van der Waals surface area contributed by atoms with E-state index in [1.165, 1.54) is 70.6 Å². The minimum Gasteiger partial charge on any atom is -0.323 e. The standard InChI is InChI=1S/C19H31OP/c20-21(15-9-3-1-4-10-15)18-13-6-2-5-11-16(18)17-12-7-8-14-19(17)21/h1,3,15-19H,2,4-14H2/t15?,16?,17?,18?,19?,21-/m1/s1. The van der Waals surface area contributed by atoms with Gasteiger partial charge in [-0.2, -0.15) is 0 Å². The second-order valence-corrected chi connectivity index (χ2v) is 11.7. The quantitative estimate of drug-likeness (QED) is 0.430. The van der Waals surface area contributed by atoms with Crippen LogP contribution in [0.1, 0.15) is 77.0 Å². The summed E-state index contributed by atoms with van der Waals surface area (Å²) in [5, 5.41) is 0. The van der Waals surface area contributed by atoms with Crippen molar-refractivity contribution < 1.29 is 4.57 Å². The molecule has 5 unspecified atom stereocenters. The van der Waals surface area contributed by atoms with Crippen LogP contribution in [0.15, 0.2) is 12.2 Å². The topological polar surface area (TPSA) is 17.1 Å². The Bertz CT molecular complexity index is 454. The lowest BCUT2D eigenvalue weighted by Crippen LogP contribution is -2.26. The molecule has 1 nitrogen and oxygen atoms in total. The third kappa shape index (κ3) is 2.30. The van der Waals surface area contributed by atoms with Gasteiger partial charge in [-0.1, -0.05) is 44.3 Å². The van der Waals surface area contributed by atoms with Crippen molar-refractivity contribution in [2.45, 2.75) is 94.0 Å². The average Bonchev–Trinajstić information content (AvgIpc) is 2.72. The molecule has 0 aromatic carbocycles. The second kappa shape index (κ2) is 5.88. The summed E-state index contributed by atoms with van der Waals surface area (Å²) in [6.45, 7) is 0. The molecule has 1 aliphatic heterocycles. The van der Waals surface area contributed by atoms with Crippen LogP contribution in [0.5, 0.6) is 0 Å². The molecule has 0 N–H and O–H groups in total. The van der Waals surface area contributed by atoms with E-state index in [9.17, 15) is 4.57 Å². The molecule has 4 rings (SSSR count). The van der Waals surface area contributed by atoms with Crippen LogP contribution in [0.25, 0.3) is 0 Å². The molecule has 118 valence electrons. The van der Waals surface area contributed by atoms with Crippen molar-refractivity contribution >= 4 is 7.14 Å². The first kappa shape index (κ1) is 14.6. The average molecular weight is 306 g/mol. The SMILES string of the molecule is O=[P@]1(C2CC=CCC2)C2CCCCCC2C2CCCCC21. The summed E-state index contributed by atoms with van der Waals surface area (Å²) in [7, 11) is -1.99. The highest BCUT2D eigenvalue weighted by Crippen LogP contribution is 2.76. The fourth-order valence-electron chi connectivity index (χ4n) is 6.39. The van der Waals surface area contributed by atoms with Gasteiger partial charge in [-0.05, 0) is 56.8 Å². The number of hydrogen-bond acceptors (Lipinski definition) is 1. The Labute approximate surface area is 130 Å². The molecule has 3 fully saturated rings. The van der Waals surface area contributed by atoms with Crippen molar-refractivity contribution in [1.29, 1.82) is 0 Å². The molecule has 0 aromatic rings. The van der Waals surface area contributed by atoms with Gasteiger partial charge in [-0.3, -0.25) is 0 Å². The van der Waals surface area contributed by atoms with Crippen molar-refractivity contribution in [3.8, 4) is 0 Å². The largest absolute Gasteiger partial charge is 0.323 e. The van der Waals surface area contributed by atoms with E-state index in [0.29, 0.717) is 17.0 Å². The van der Waals surface area contributed by atoms with E-state index in [0.717, 1.165) is 18.3 Å². The normalized spacial score (nSPS) is 50.2. The van der Waals surface area contributed by atoms with E-state index >= 15 is 0 Å². The molecule has 0 aromatic heterocycles. The predicted octanol–water partition coefficient (Wildman–Crippen LogP) is 5.98. The molecular weight excluding hydrogens is 275 g/mol. The zero-order valence-electron chi connectivity index (χ0n) is 13.4. The van der Waals surface area contributed by atoms with Crippen LogP contribution in [0.4, 0.5) is 0 Å². The first-order valence-corrected chi connectivity index (χ1v) is 11.5. The van der Waals surface area contributed by atoms with Crippen molar-refractivity contribution in [2.24, 2.45) is 11.8 Å². The van der Waals surface area contributed by atoms with Crippen molar-refractivity contribution in [3.63, 3.8) is 0 Å². The van der Waals surface area contributed by atoms with Gasteiger partial charge in [-0.25, -0.2) is 0 Å². The number of hydrogen-bond donors (Lipinski definition) is 0. The highest BCUT2D eigenvalue weighted by atomic mass is 31.2. The van der Waals surface area contributed by atoms with Gasteiger partial charge in [0, 0.05) is 17.0 Å². The van der Waals surface area contributed by atoms with Crippen LogP contribution in [-0.2, 0) is 4.57 Å². The zero-order valence-corrected chi connectivity index (χ0v) is 14.3. The Morgan fingerprint density at radius 3 is 2.00 bits per heavy atom. The van der Waals surface area contributed by atoms with Crippen LogP contribution < -0.4 is 0 Å². The van der Waals surface area contributed by atoms with Gasteiger partial charge in [0.05, 0.1) is 7.14 Å². The maximum Gasteiger partial charge on any atom is 0.0973 e. The third-order valence-electron chi connectivity index (χ3n) is 7.21. The van der Waals surface area contributed by atoms with E-state index in [4.69, 9.17) is 0 Å². The zero-order chi connectivity index (χ0) is 14.3. The first-order chi connectivity index (χ1) is 10.3. The summed E-state index contributed by atoms with van der Waals surface area (Å²) in [5.41, 5.74) is 1.82. The number of fused-ring (bicyclic) bond motifs is 3. The molecule has 3 aliphatic carbocycles. The Morgan fingerprint density at radius 2 is 1.33 bits per heavy atom. The Balaban J connectivity index is 1.71. The maximum absolute atomic E-state index is 14.4. The third-order valence-corrected chi connectivity index (χ3v) is 12.2. The van der Waals surface area contributed by atoms with E-state index in [1.54, 1.807) is 0 Å². The van der Waals surface area contributed by atoms with Gasteiger partial charge < -0.3 is 4.57 Å². The molecule has 4 aliphatic rings. The summed E-state index contributed by atoms with van der Waals surface area (Å²) in [4.78, 5) is 0. The molecular formula is C19H31OP. The van der Waals surface area contributed by atoms with Gasteiger partial charge in [0.25, 0.3) is 0 Å². The molecule has 0 bridgehead atoms. The molecule has 21 heavy (non-hydrogen) atoms. The lowest BCUT2D eigenvalue weighted by molar-refractivity contribution is 0.262. The minimum absolute atomic E-state index is 0.557. The molecule has 2 saturated carbocycles. The maximum atomic E-state index is 14.4. The smallest absolute Gasteiger partial charge is 0.0973 e. The summed E-state index contributed by atoms with van der Waals surface area (Å²) < 4.78 is 14.4. The van der Waals surface area contributed by atoms with E-state index in [2.05, 4.69) is 12.2 Å². The summed E-state index contributed by atoms with van der Waals surface area (Å²) >= 11 is 0. The summed E-state index contributed by atoms with van der Waals surface area (Å²) in [6, 6.07) is 0. The first-order valence-electron chi connectivity index (χ1n) is 9.56. The fraction of sp³-hybridized carbons (Fsp3) is 0.895. The number of rotatable bonds is 1. The van der Waals surface area contributed by atoms with Crippen molar-refractivity contribution in [1.82, 2.24) is 0 Å². The Kier molecular flexibility index (Phi) is 4.07. The van der Waals surface area contributed by atoms with Gasteiger partial charge in [-0.15, -0.1) is 0 Å². The van der Waals surface area contributed by atoms with Crippen LogP contribution in [0.2, 0.25) is 0 Å². The van der Waals surface area contributed by atoms with Crippen molar-refractivity contribution in [3.05, 3.63) is 12.2 Å². The molecule has 0 amide bonds. The number of allylic oxidation sites excluding steroid dienone is 2. The molecule has 6 atom stereocenters. The molecule has 0 radical (unpaired) electrons. The summed E-state index contributed by atoms with van der Waals surface area (Å²) in [6.07, 6.45) is 20.5. The van der Waals surface area contributed by atoms with Crippen LogP contribution >= 0.6 is 7.14 Å². The van der Waals surface area contributed by atoms with Crippen LogP contribution in [0, 0.1) is 11.8 Å². The Hall–Kier alpha value is -0.0300. The lowest BCUT2D eigenvalue weighted by Gasteiger charge is -2.37. The minimum atomic E-state index is -1.99. The molecule has 2 heteroatoms. The van der Waals surface area contributed by atoms with Gasteiger partial charge in [0.15, 0.2) is 0 Å². The van der Waals surface area contributed by atoms with Gasteiger partial charge >= 0.3 is 0 Å².